The first-order valence-corrected chi connectivity index (χ1v) is 4.73. The summed E-state index contributed by atoms with van der Waals surface area (Å²) in [6.07, 6.45) is -2.45. The molecule has 1 fully saturated rings. The van der Waals surface area contributed by atoms with E-state index in [4.69, 9.17) is 9.84 Å². The number of hydrogen-bond donors (Lipinski definition) is 1. The molecule has 10 heavy (non-hydrogen) atoms. The lowest BCUT2D eigenvalue weighted by Gasteiger charge is -2.09. The number of ether oxygens (including phenoxy) is 1. The highest BCUT2D eigenvalue weighted by Crippen LogP contribution is 2.23. The molecule has 0 aromatic carbocycles. The van der Waals surface area contributed by atoms with Crippen LogP contribution in [0.15, 0.2) is 0 Å². The molecule has 0 aliphatic carbocycles. The lowest BCUT2D eigenvalue weighted by atomic mass is 9.94. The van der Waals surface area contributed by atoms with Crippen LogP contribution in [0.25, 0.3) is 0 Å². The zero-order valence-corrected chi connectivity index (χ0v) is 7.79. The summed E-state index contributed by atoms with van der Waals surface area (Å²) >= 11 is 2.07. The van der Waals surface area contributed by atoms with Gasteiger partial charge in [-0.15, -0.1) is 0 Å². The van der Waals surface area contributed by atoms with Crippen LogP contribution in [0.2, 0.25) is 0 Å². The van der Waals surface area contributed by atoms with Crippen molar-refractivity contribution in [3.05, 3.63) is 0 Å². The molecule has 0 amide bonds. The van der Waals surface area contributed by atoms with Gasteiger partial charge in [0.05, 0.1) is 12.1 Å². The fourth-order valence-corrected chi connectivity index (χ4v) is 1.77. The summed E-state index contributed by atoms with van der Waals surface area (Å²) in [6, 6.07) is -0.449. The average Bonchev–Trinajstić information content (AvgIpc) is 2.17. The molecule has 0 aromatic heterocycles. The van der Waals surface area contributed by atoms with Gasteiger partial charge in [0, 0.05) is 4.43 Å². The van der Waals surface area contributed by atoms with E-state index in [-0.39, 0.29) is 6.10 Å². The molecule has 1 aliphatic heterocycles. The van der Waals surface area contributed by atoms with Gasteiger partial charge in [-0.2, -0.15) is 0 Å². The van der Waals surface area contributed by atoms with Crippen LogP contribution in [0, 0.1) is 0 Å². The first kappa shape index (κ1) is 8.74. The number of aliphatic hydroxyl groups excluding tert-OH is 1. The van der Waals surface area contributed by atoms with Crippen LogP contribution in [0.4, 0.5) is 4.39 Å². The zero-order valence-electron chi connectivity index (χ0n) is 5.63. The van der Waals surface area contributed by atoms with E-state index in [9.17, 15) is 4.39 Å². The quantitative estimate of drug-likeness (QED) is 0.389. The van der Waals surface area contributed by atoms with Crippen molar-refractivity contribution in [1.29, 1.82) is 0 Å². The van der Waals surface area contributed by atoms with Crippen molar-refractivity contribution in [3.8, 4) is 0 Å². The molecule has 1 heterocycles. The van der Waals surface area contributed by atoms with Crippen molar-refractivity contribution in [2.24, 2.45) is 0 Å². The van der Waals surface area contributed by atoms with Crippen LogP contribution < -0.4 is 0 Å². The van der Waals surface area contributed by atoms with Crippen LogP contribution in [0.3, 0.4) is 0 Å². The van der Waals surface area contributed by atoms with E-state index in [1.54, 1.807) is 7.85 Å². The number of hydrogen-bond acceptors (Lipinski definition) is 2. The molecular formula is C5H9BFIO2. The Kier molecular flexibility index (Phi) is 2.94. The molecule has 2 nitrogen and oxygen atoms in total. The molecule has 0 spiro atoms. The van der Waals surface area contributed by atoms with E-state index < -0.39 is 18.3 Å². The van der Waals surface area contributed by atoms with Gasteiger partial charge in [0.25, 0.3) is 0 Å². The van der Waals surface area contributed by atoms with Crippen LogP contribution in [-0.4, -0.2) is 41.8 Å². The molecular weight excluding hydrogens is 249 g/mol. The topological polar surface area (TPSA) is 29.5 Å². The molecule has 2 unspecified atom stereocenters. The fraction of sp³-hybridized carbons (Fsp3) is 1.00. The van der Waals surface area contributed by atoms with Gasteiger partial charge in [0.15, 0.2) is 0 Å². The minimum absolute atomic E-state index is 0.314. The number of rotatable bonds is 1. The standard InChI is InChI=1S/C5H9BFIO2/c6-5-3(7)4(9)2(1-8)10-5/h2-5,9H,1,6H2/t2-,3?,4?,5-/m1/s1. The highest BCUT2D eigenvalue weighted by atomic mass is 127. The molecule has 1 N–H and O–H groups in total. The molecule has 0 bridgehead atoms. The van der Waals surface area contributed by atoms with Crippen LogP contribution in [0.1, 0.15) is 0 Å². The van der Waals surface area contributed by atoms with Gasteiger partial charge >= 0.3 is 0 Å². The van der Waals surface area contributed by atoms with Gasteiger partial charge in [0.2, 0.25) is 0 Å². The normalized spacial score (nSPS) is 47.9. The van der Waals surface area contributed by atoms with Crippen molar-refractivity contribution in [2.45, 2.75) is 24.4 Å². The largest absolute Gasteiger partial charge is 0.387 e. The Labute approximate surface area is 73.7 Å². The van der Waals surface area contributed by atoms with Gasteiger partial charge < -0.3 is 9.84 Å². The third kappa shape index (κ3) is 1.45. The third-order valence-corrected chi connectivity index (χ3v) is 2.57. The van der Waals surface area contributed by atoms with Crippen LogP contribution >= 0.6 is 22.6 Å². The SMILES string of the molecule is B[C@@H]1O[C@H](CI)C(O)C1F. The lowest BCUT2D eigenvalue weighted by Crippen LogP contribution is -2.29. The van der Waals surface area contributed by atoms with Gasteiger partial charge in [0.1, 0.15) is 20.1 Å². The van der Waals surface area contributed by atoms with Crippen LogP contribution in [0.5, 0.6) is 0 Å². The summed E-state index contributed by atoms with van der Waals surface area (Å²) in [6.45, 7) is 0. The van der Waals surface area contributed by atoms with Gasteiger partial charge in [-0.25, -0.2) is 4.39 Å². The molecule has 1 saturated heterocycles. The highest BCUT2D eigenvalue weighted by Gasteiger charge is 2.40. The highest BCUT2D eigenvalue weighted by molar-refractivity contribution is 14.1. The third-order valence-electron chi connectivity index (χ3n) is 1.70. The first-order chi connectivity index (χ1) is 4.66. The Hall–Kier alpha value is 0.645. The molecule has 0 aromatic rings. The maximum atomic E-state index is 12.8. The Morgan fingerprint density at radius 2 is 2.30 bits per heavy atom. The first-order valence-electron chi connectivity index (χ1n) is 3.20. The van der Waals surface area contributed by atoms with Gasteiger partial charge in [-0.1, -0.05) is 22.6 Å². The zero-order chi connectivity index (χ0) is 7.72. The van der Waals surface area contributed by atoms with E-state index in [1.807, 2.05) is 0 Å². The second-order valence-corrected chi connectivity index (χ2v) is 3.35. The predicted molar refractivity (Wildman–Crippen MR) is 47.0 cm³/mol. The molecule has 4 atom stereocenters. The van der Waals surface area contributed by atoms with Crippen LogP contribution in [-0.2, 0) is 4.74 Å². The Morgan fingerprint density at radius 3 is 2.50 bits per heavy atom. The monoisotopic (exact) mass is 258 g/mol. The summed E-state index contributed by atoms with van der Waals surface area (Å²) in [7, 11) is 1.64. The van der Waals surface area contributed by atoms with E-state index in [0.29, 0.717) is 4.43 Å². The maximum absolute atomic E-state index is 12.8. The summed E-state index contributed by atoms with van der Waals surface area (Å²) < 4.78 is 18.5. The number of halogens is 2. The minimum atomic E-state index is -1.21. The van der Waals surface area contributed by atoms with Crippen molar-refractivity contribution >= 4 is 30.4 Å². The Morgan fingerprint density at radius 1 is 1.70 bits per heavy atom. The molecule has 58 valence electrons. The summed E-state index contributed by atoms with van der Waals surface area (Å²) in [5.41, 5.74) is 0. The van der Waals surface area contributed by atoms with E-state index in [2.05, 4.69) is 22.6 Å². The molecule has 0 saturated carbocycles. The van der Waals surface area contributed by atoms with E-state index >= 15 is 0 Å². The molecule has 1 aliphatic rings. The molecule has 5 heteroatoms. The maximum Gasteiger partial charge on any atom is 0.147 e. The average molecular weight is 258 g/mol. The Bertz CT molecular complexity index is 126. The second-order valence-electron chi connectivity index (χ2n) is 2.47. The van der Waals surface area contributed by atoms with Gasteiger partial charge in [-0.3, -0.25) is 0 Å². The second kappa shape index (κ2) is 3.36. The fourth-order valence-electron chi connectivity index (χ4n) is 1.04. The molecule has 0 radical (unpaired) electrons. The van der Waals surface area contributed by atoms with E-state index in [0.717, 1.165) is 0 Å². The smallest absolute Gasteiger partial charge is 0.147 e. The van der Waals surface area contributed by atoms with Gasteiger partial charge in [-0.05, 0) is 0 Å². The Balaban J connectivity index is 2.53. The van der Waals surface area contributed by atoms with E-state index in [1.165, 1.54) is 0 Å². The minimum Gasteiger partial charge on any atom is -0.387 e. The number of aliphatic hydroxyl groups is 1. The lowest BCUT2D eigenvalue weighted by molar-refractivity contribution is 0.0480. The summed E-state index contributed by atoms with van der Waals surface area (Å²) in [4.78, 5) is 0. The van der Waals surface area contributed by atoms with Crippen molar-refractivity contribution in [3.63, 3.8) is 0 Å². The van der Waals surface area contributed by atoms with Crippen molar-refractivity contribution < 1.29 is 14.2 Å². The van der Waals surface area contributed by atoms with Crippen molar-refractivity contribution in [1.82, 2.24) is 0 Å². The predicted octanol–water partition coefficient (Wildman–Crippen LogP) is -0.522. The van der Waals surface area contributed by atoms with Crippen molar-refractivity contribution in [2.75, 3.05) is 4.43 Å². The summed E-state index contributed by atoms with van der Waals surface area (Å²) in [5, 5.41) is 9.12. The number of alkyl halides is 2. The molecule has 1 rings (SSSR count). The summed E-state index contributed by atoms with van der Waals surface area (Å²) in [5.74, 6) is 0.